The van der Waals surface area contributed by atoms with E-state index in [0.717, 1.165) is 0 Å². The normalized spacial score (nSPS) is 12.4. The zero-order valence-corrected chi connectivity index (χ0v) is 14.0. The lowest BCUT2D eigenvalue weighted by Crippen LogP contribution is -2.20. The lowest BCUT2D eigenvalue weighted by atomic mass is 10.2. The van der Waals surface area contributed by atoms with E-state index in [-0.39, 0.29) is 17.1 Å². The van der Waals surface area contributed by atoms with Crippen LogP contribution in [0.25, 0.3) is 12.2 Å². The zero-order valence-electron chi connectivity index (χ0n) is 13.2. The largest absolute Gasteiger partial charge is 0.504 e. The number of methoxy groups -OCH3 is 1. The molecule has 2 heterocycles. The highest BCUT2D eigenvalue weighted by Gasteiger charge is 2.04. The number of aromatic amines is 1. The van der Waals surface area contributed by atoms with Crippen molar-refractivity contribution in [1.82, 2.24) is 9.97 Å². The number of rotatable bonds is 4. The number of pyridine rings is 1. The third-order valence-electron chi connectivity index (χ3n) is 3.41. The Hall–Kier alpha value is -3.19. The second-order valence-electron chi connectivity index (χ2n) is 5.10. The van der Waals surface area contributed by atoms with Gasteiger partial charge in [-0.3, -0.25) is 14.6 Å². The monoisotopic (exact) mass is 354 g/mol. The summed E-state index contributed by atoms with van der Waals surface area (Å²) in [5, 5.41) is 9.62. The van der Waals surface area contributed by atoms with Crippen LogP contribution >= 0.6 is 11.3 Å². The predicted octanol–water partition coefficient (Wildman–Crippen LogP) is 1.04. The minimum absolute atomic E-state index is 0.0247. The number of carbonyl (C=O) groups excluding carboxylic acids is 1. The third kappa shape index (κ3) is 3.84. The van der Waals surface area contributed by atoms with Gasteiger partial charge in [0.25, 0.3) is 5.56 Å². The molecule has 2 aromatic heterocycles. The van der Waals surface area contributed by atoms with Gasteiger partial charge in [0.05, 0.1) is 16.3 Å². The number of hydrogen-bond donors (Lipinski definition) is 2. The van der Waals surface area contributed by atoms with Crippen LogP contribution in [-0.2, 0) is 0 Å². The number of nitrogens with one attached hydrogen (secondary N) is 1. The SMILES string of the molecule is COc1cc(/C=c2\s/c(=C\C(=O)c3ccncc3)[nH]c2=O)ccc1O. The summed E-state index contributed by atoms with van der Waals surface area (Å²) >= 11 is 1.18. The molecule has 0 fully saturated rings. The lowest BCUT2D eigenvalue weighted by molar-refractivity contribution is 0.106. The zero-order chi connectivity index (χ0) is 17.8. The first-order valence-electron chi connectivity index (χ1n) is 7.31. The molecule has 0 aliphatic carbocycles. The molecule has 3 aromatic rings. The molecule has 7 heteroatoms. The summed E-state index contributed by atoms with van der Waals surface area (Å²) in [7, 11) is 1.45. The van der Waals surface area contributed by atoms with Crippen LogP contribution < -0.4 is 19.5 Å². The molecule has 0 bridgehead atoms. The first kappa shape index (κ1) is 16.7. The van der Waals surface area contributed by atoms with Gasteiger partial charge < -0.3 is 14.8 Å². The van der Waals surface area contributed by atoms with Crippen LogP contribution in [0.3, 0.4) is 0 Å². The van der Waals surface area contributed by atoms with E-state index in [0.29, 0.717) is 26.1 Å². The topological polar surface area (TPSA) is 92.3 Å². The average Bonchev–Trinajstić information content (AvgIpc) is 2.96. The lowest BCUT2D eigenvalue weighted by Gasteiger charge is -2.03. The number of phenols is 1. The number of ether oxygens (including phenoxy) is 1. The maximum atomic E-state index is 12.2. The van der Waals surface area contributed by atoms with Crippen molar-refractivity contribution < 1.29 is 14.6 Å². The van der Waals surface area contributed by atoms with Crippen LogP contribution in [0.15, 0.2) is 47.5 Å². The fourth-order valence-corrected chi connectivity index (χ4v) is 3.06. The summed E-state index contributed by atoms with van der Waals surface area (Å²) in [5.74, 6) is 0.135. The van der Waals surface area contributed by atoms with Gasteiger partial charge in [-0.25, -0.2) is 0 Å². The number of nitrogens with zero attached hydrogens (tertiary/aromatic N) is 1. The predicted molar refractivity (Wildman–Crippen MR) is 95.4 cm³/mol. The van der Waals surface area contributed by atoms with Crippen molar-refractivity contribution in [2.45, 2.75) is 0 Å². The van der Waals surface area contributed by atoms with E-state index in [9.17, 15) is 14.7 Å². The van der Waals surface area contributed by atoms with Crippen molar-refractivity contribution in [1.29, 1.82) is 0 Å². The van der Waals surface area contributed by atoms with Crippen molar-refractivity contribution in [3.05, 3.63) is 73.4 Å². The molecular formula is C18H14N2O4S. The molecule has 1 aromatic carbocycles. The van der Waals surface area contributed by atoms with Crippen molar-refractivity contribution >= 4 is 29.3 Å². The minimum atomic E-state index is -0.286. The van der Waals surface area contributed by atoms with Gasteiger partial charge in [-0.1, -0.05) is 6.07 Å². The van der Waals surface area contributed by atoms with E-state index in [1.54, 1.807) is 30.3 Å². The van der Waals surface area contributed by atoms with Crippen LogP contribution in [0.4, 0.5) is 0 Å². The number of phenolic OH excluding ortho intramolecular Hbond substituents is 1. The fraction of sp³-hybridized carbons (Fsp3) is 0.0556. The van der Waals surface area contributed by atoms with Crippen LogP contribution in [0, 0.1) is 0 Å². The van der Waals surface area contributed by atoms with Crippen molar-refractivity contribution in [2.24, 2.45) is 0 Å². The van der Waals surface area contributed by atoms with E-state index in [1.807, 2.05) is 0 Å². The average molecular weight is 354 g/mol. The highest BCUT2D eigenvalue weighted by molar-refractivity contribution is 7.07. The first-order valence-corrected chi connectivity index (χ1v) is 8.12. The standard InChI is InChI=1S/C18H14N2O4S/c1-24-15-8-11(2-3-13(15)21)9-16-18(23)20-17(25-16)10-14(22)12-4-6-19-7-5-12/h2-10,21H,1H3,(H,20,23)/b16-9-,17-10-. The van der Waals surface area contributed by atoms with Gasteiger partial charge in [0.2, 0.25) is 0 Å². The molecule has 6 nitrogen and oxygen atoms in total. The van der Waals surface area contributed by atoms with Crippen LogP contribution in [0.2, 0.25) is 0 Å². The van der Waals surface area contributed by atoms with Gasteiger partial charge in [-0.2, -0.15) is 0 Å². The molecule has 0 atom stereocenters. The maximum absolute atomic E-state index is 12.2. The molecule has 126 valence electrons. The summed E-state index contributed by atoms with van der Waals surface area (Å²) < 4.78 is 5.96. The van der Waals surface area contributed by atoms with Crippen molar-refractivity contribution in [3.63, 3.8) is 0 Å². The quantitative estimate of drug-likeness (QED) is 0.683. The number of thiazole rings is 1. The highest BCUT2D eigenvalue weighted by Crippen LogP contribution is 2.26. The molecule has 0 saturated carbocycles. The molecule has 3 rings (SSSR count). The Morgan fingerprint density at radius 3 is 2.76 bits per heavy atom. The van der Waals surface area contributed by atoms with Gasteiger partial charge in [0, 0.05) is 24.0 Å². The fourth-order valence-electron chi connectivity index (χ4n) is 2.18. The number of hydrogen-bond acceptors (Lipinski definition) is 6. The molecule has 0 spiro atoms. The first-order chi connectivity index (χ1) is 12.1. The summed E-state index contributed by atoms with van der Waals surface area (Å²) in [4.78, 5) is 30.8. The summed E-state index contributed by atoms with van der Waals surface area (Å²) in [6.45, 7) is 0. The number of Topliss-reactive ketones (excluding diaryl/α,β-unsaturated/α-hetero) is 1. The Morgan fingerprint density at radius 1 is 1.28 bits per heavy atom. The summed E-state index contributed by atoms with van der Waals surface area (Å²) in [5.41, 5.74) is 0.915. The van der Waals surface area contributed by atoms with Gasteiger partial charge >= 0.3 is 0 Å². The molecular weight excluding hydrogens is 340 g/mol. The Labute approximate surface area is 146 Å². The maximum Gasteiger partial charge on any atom is 0.266 e. The van der Waals surface area contributed by atoms with Crippen molar-refractivity contribution in [3.8, 4) is 11.5 Å². The Morgan fingerprint density at radius 2 is 2.04 bits per heavy atom. The van der Waals surface area contributed by atoms with E-state index in [1.165, 1.54) is 43.0 Å². The minimum Gasteiger partial charge on any atom is -0.504 e. The number of aromatic nitrogens is 2. The summed E-state index contributed by atoms with van der Waals surface area (Å²) in [6.07, 6.45) is 6.13. The number of benzene rings is 1. The van der Waals surface area contributed by atoms with E-state index >= 15 is 0 Å². The smallest absolute Gasteiger partial charge is 0.266 e. The molecule has 2 N–H and O–H groups in total. The van der Waals surface area contributed by atoms with Crippen LogP contribution in [0.1, 0.15) is 15.9 Å². The number of carbonyl (C=O) groups is 1. The number of H-pyrrole nitrogens is 1. The molecule has 0 radical (unpaired) electrons. The van der Waals surface area contributed by atoms with E-state index < -0.39 is 0 Å². The van der Waals surface area contributed by atoms with Gasteiger partial charge in [-0.05, 0) is 35.9 Å². The van der Waals surface area contributed by atoms with E-state index in [2.05, 4.69) is 9.97 Å². The Bertz CT molecular complexity index is 1080. The Kier molecular flexibility index (Phi) is 4.76. The molecule has 0 amide bonds. The van der Waals surface area contributed by atoms with Gasteiger partial charge in [0.1, 0.15) is 0 Å². The van der Waals surface area contributed by atoms with Crippen LogP contribution in [0.5, 0.6) is 11.5 Å². The second-order valence-corrected chi connectivity index (χ2v) is 6.19. The van der Waals surface area contributed by atoms with Gasteiger partial charge in [0.15, 0.2) is 17.3 Å². The number of ketones is 1. The van der Waals surface area contributed by atoms with Crippen molar-refractivity contribution in [2.75, 3.05) is 7.11 Å². The molecule has 0 saturated heterocycles. The number of aromatic hydroxyl groups is 1. The van der Waals surface area contributed by atoms with E-state index in [4.69, 9.17) is 4.74 Å². The van der Waals surface area contributed by atoms with Crippen LogP contribution in [-0.4, -0.2) is 28.0 Å². The molecule has 0 aliphatic rings. The summed E-state index contributed by atoms with van der Waals surface area (Å²) in [6, 6.07) is 8.01. The molecule has 0 unspecified atom stereocenters. The highest BCUT2D eigenvalue weighted by atomic mass is 32.1. The third-order valence-corrected chi connectivity index (χ3v) is 4.37. The molecule has 0 aliphatic heterocycles. The Balaban J connectivity index is 1.99. The van der Waals surface area contributed by atoms with Gasteiger partial charge in [-0.15, -0.1) is 11.3 Å². The second kappa shape index (κ2) is 7.14. The molecule has 25 heavy (non-hydrogen) atoms.